The summed E-state index contributed by atoms with van der Waals surface area (Å²) in [5.41, 5.74) is 6.56. The van der Waals surface area contributed by atoms with Crippen LogP contribution >= 0.6 is 0 Å². The van der Waals surface area contributed by atoms with Crippen LogP contribution in [0.5, 0.6) is 0 Å². The number of nitrogens with zero attached hydrogens (tertiary/aromatic N) is 1. The molecule has 82 valence electrons. The second-order valence-corrected chi connectivity index (χ2v) is 3.01. The molecule has 0 radical (unpaired) electrons. The third-order valence-electron chi connectivity index (χ3n) is 2.13. The molecule has 6 nitrogen and oxygen atoms in total. The first-order chi connectivity index (χ1) is 7.11. The van der Waals surface area contributed by atoms with Crippen molar-refractivity contribution in [2.45, 2.75) is 6.42 Å². The second kappa shape index (κ2) is 4.61. The molecule has 0 atom stereocenters. The molecule has 1 rings (SSSR count). The fraction of sp³-hybridized carbons (Fsp3) is 0.333. The summed E-state index contributed by atoms with van der Waals surface area (Å²) in [6.45, 7) is -0.154. The Balaban J connectivity index is 3.36. The number of nitro groups is 1. The van der Waals surface area contributed by atoms with Gasteiger partial charge in [-0.15, -0.1) is 0 Å². The van der Waals surface area contributed by atoms with Crippen molar-refractivity contribution in [1.29, 1.82) is 0 Å². The maximum atomic E-state index is 10.8. The average Bonchev–Trinajstić information content (AvgIpc) is 2.18. The summed E-state index contributed by atoms with van der Waals surface area (Å²) in [5.74, 6) is 0. The molecule has 0 aromatic heterocycles. The Hall–Kier alpha value is -1.82. The minimum atomic E-state index is -0.527. The van der Waals surface area contributed by atoms with Crippen molar-refractivity contribution in [2.24, 2.45) is 0 Å². The lowest BCUT2D eigenvalue weighted by Crippen LogP contribution is -2.06. The van der Waals surface area contributed by atoms with Gasteiger partial charge in [0.05, 0.1) is 10.5 Å². The molecule has 0 heterocycles. The summed E-state index contributed by atoms with van der Waals surface area (Å²) in [4.78, 5) is 10.3. The highest BCUT2D eigenvalue weighted by atomic mass is 16.6. The number of aliphatic hydroxyl groups is 1. The summed E-state index contributed by atoms with van der Waals surface area (Å²) < 4.78 is 0. The highest BCUT2D eigenvalue weighted by molar-refractivity contribution is 5.72. The molecule has 0 spiro atoms. The summed E-state index contributed by atoms with van der Waals surface area (Å²) in [7, 11) is 1.66. The molecule has 0 aliphatic carbocycles. The van der Waals surface area contributed by atoms with E-state index in [1.165, 1.54) is 6.07 Å². The Morgan fingerprint density at radius 2 is 2.27 bits per heavy atom. The number of nitrogen functional groups attached to an aromatic ring is 1. The minimum absolute atomic E-state index is 0.113. The number of rotatable bonds is 4. The van der Waals surface area contributed by atoms with E-state index in [1.807, 2.05) is 0 Å². The number of benzene rings is 1. The highest BCUT2D eigenvalue weighted by Crippen LogP contribution is 2.32. The van der Waals surface area contributed by atoms with Gasteiger partial charge >= 0.3 is 0 Å². The number of anilines is 2. The Kier molecular flexibility index (Phi) is 3.46. The number of hydrogen-bond acceptors (Lipinski definition) is 5. The Labute approximate surface area is 86.9 Å². The molecular weight excluding hydrogens is 198 g/mol. The fourth-order valence-corrected chi connectivity index (χ4v) is 1.47. The smallest absolute Gasteiger partial charge is 0.297 e. The Morgan fingerprint density at radius 1 is 1.60 bits per heavy atom. The maximum absolute atomic E-state index is 10.8. The van der Waals surface area contributed by atoms with E-state index < -0.39 is 4.92 Å². The van der Waals surface area contributed by atoms with Gasteiger partial charge in [-0.25, -0.2) is 0 Å². The molecule has 0 aliphatic heterocycles. The molecule has 4 N–H and O–H groups in total. The lowest BCUT2D eigenvalue weighted by atomic mass is 10.1. The first kappa shape index (κ1) is 11.3. The topological polar surface area (TPSA) is 101 Å². The average molecular weight is 211 g/mol. The van der Waals surface area contributed by atoms with Crippen LogP contribution in [-0.4, -0.2) is 23.7 Å². The van der Waals surface area contributed by atoms with Crippen LogP contribution in [0.2, 0.25) is 0 Å². The predicted molar refractivity (Wildman–Crippen MR) is 57.8 cm³/mol. The first-order valence-electron chi connectivity index (χ1n) is 4.46. The second-order valence-electron chi connectivity index (χ2n) is 3.01. The van der Waals surface area contributed by atoms with E-state index >= 15 is 0 Å². The van der Waals surface area contributed by atoms with E-state index in [0.717, 1.165) is 0 Å². The molecule has 0 saturated carbocycles. The van der Waals surface area contributed by atoms with Gasteiger partial charge in [0, 0.05) is 25.8 Å². The van der Waals surface area contributed by atoms with Gasteiger partial charge in [0.25, 0.3) is 5.69 Å². The number of hydrogen-bond donors (Lipinski definition) is 3. The first-order valence-corrected chi connectivity index (χ1v) is 4.46. The molecule has 0 aliphatic rings. The van der Waals surface area contributed by atoms with E-state index in [0.29, 0.717) is 11.3 Å². The van der Waals surface area contributed by atoms with Gasteiger partial charge < -0.3 is 16.2 Å². The van der Waals surface area contributed by atoms with Gasteiger partial charge in [-0.2, -0.15) is 0 Å². The molecule has 0 saturated heterocycles. The Bertz CT molecular complexity index is 379. The van der Waals surface area contributed by atoms with Crippen LogP contribution in [-0.2, 0) is 6.42 Å². The normalized spacial score (nSPS) is 10.0. The molecule has 0 fully saturated rings. The van der Waals surface area contributed by atoms with Crippen LogP contribution in [0.25, 0.3) is 0 Å². The summed E-state index contributed by atoms with van der Waals surface area (Å²) >= 11 is 0. The quantitative estimate of drug-likeness (QED) is 0.387. The molecule has 1 aromatic rings. The zero-order valence-corrected chi connectivity index (χ0v) is 8.36. The van der Waals surface area contributed by atoms with E-state index in [9.17, 15) is 10.1 Å². The SMILES string of the molecule is CNc1ccc(N)c([N+](=O)[O-])c1CCO. The van der Waals surface area contributed by atoms with Gasteiger partial charge in [-0.3, -0.25) is 10.1 Å². The van der Waals surface area contributed by atoms with E-state index in [-0.39, 0.29) is 24.4 Å². The number of nitro benzene ring substituents is 1. The third kappa shape index (κ3) is 2.16. The van der Waals surface area contributed by atoms with E-state index in [4.69, 9.17) is 10.8 Å². The molecule has 0 unspecified atom stereocenters. The molecular formula is C9H13N3O3. The van der Waals surface area contributed by atoms with Crippen LogP contribution in [0.1, 0.15) is 5.56 Å². The molecule has 0 bridgehead atoms. The van der Waals surface area contributed by atoms with E-state index in [2.05, 4.69) is 5.32 Å². The van der Waals surface area contributed by atoms with Crippen LogP contribution in [0.4, 0.5) is 17.1 Å². The summed E-state index contributed by atoms with van der Waals surface area (Å²) in [5, 5.41) is 22.5. The zero-order valence-electron chi connectivity index (χ0n) is 8.36. The minimum Gasteiger partial charge on any atom is -0.396 e. The summed E-state index contributed by atoms with van der Waals surface area (Å²) in [6.07, 6.45) is 0.206. The van der Waals surface area contributed by atoms with Crippen LogP contribution < -0.4 is 11.1 Å². The number of nitrogens with one attached hydrogen (secondary N) is 1. The molecule has 1 aromatic carbocycles. The Morgan fingerprint density at radius 3 is 2.73 bits per heavy atom. The predicted octanol–water partition coefficient (Wildman–Crippen LogP) is 0.753. The van der Waals surface area contributed by atoms with Crippen molar-refractivity contribution < 1.29 is 10.0 Å². The zero-order chi connectivity index (χ0) is 11.4. The maximum Gasteiger partial charge on any atom is 0.297 e. The van der Waals surface area contributed by atoms with Crippen LogP contribution in [0.3, 0.4) is 0 Å². The summed E-state index contributed by atoms with van der Waals surface area (Å²) in [6, 6.07) is 3.14. The van der Waals surface area contributed by atoms with Gasteiger partial charge in [0.15, 0.2) is 0 Å². The van der Waals surface area contributed by atoms with Crippen LogP contribution in [0, 0.1) is 10.1 Å². The largest absolute Gasteiger partial charge is 0.396 e. The van der Waals surface area contributed by atoms with Crippen molar-refractivity contribution in [1.82, 2.24) is 0 Å². The van der Waals surface area contributed by atoms with Gasteiger partial charge in [0.1, 0.15) is 5.69 Å². The third-order valence-corrected chi connectivity index (χ3v) is 2.13. The molecule has 0 amide bonds. The van der Waals surface area contributed by atoms with Crippen molar-refractivity contribution in [2.75, 3.05) is 24.7 Å². The van der Waals surface area contributed by atoms with Gasteiger partial charge in [-0.1, -0.05) is 0 Å². The van der Waals surface area contributed by atoms with Crippen molar-refractivity contribution in [3.8, 4) is 0 Å². The van der Waals surface area contributed by atoms with Crippen molar-refractivity contribution in [3.63, 3.8) is 0 Å². The molecule has 15 heavy (non-hydrogen) atoms. The number of aliphatic hydroxyl groups excluding tert-OH is 1. The fourth-order valence-electron chi connectivity index (χ4n) is 1.47. The van der Waals surface area contributed by atoms with Gasteiger partial charge in [-0.05, 0) is 12.1 Å². The van der Waals surface area contributed by atoms with E-state index in [1.54, 1.807) is 13.1 Å². The number of nitrogens with two attached hydrogens (primary N) is 1. The standard InChI is InChI=1S/C9H13N3O3/c1-11-8-3-2-7(10)9(12(14)15)6(8)4-5-13/h2-3,11,13H,4-5,10H2,1H3. The van der Waals surface area contributed by atoms with Crippen LogP contribution in [0.15, 0.2) is 12.1 Å². The van der Waals surface area contributed by atoms with Crippen molar-refractivity contribution >= 4 is 17.1 Å². The molecule has 6 heteroatoms. The monoisotopic (exact) mass is 211 g/mol. The van der Waals surface area contributed by atoms with Crippen molar-refractivity contribution in [3.05, 3.63) is 27.8 Å². The van der Waals surface area contributed by atoms with Gasteiger partial charge in [0.2, 0.25) is 0 Å². The lowest BCUT2D eigenvalue weighted by molar-refractivity contribution is -0.384. The highest BCUT2D eigenvalue weighted by Gasteiger charge is 2.20. The lowest BCUT2D eigenvalue weighted by Gasteiger charge is -2.09.